The van der Waals surface area contributed by atoms with Gasteiger partial charge in [-0.3, -0.25) is 4.79 Å². The van der Waals surface area contributed by atoms with E-state index in [1.165, 1.54) is 6.08 Å². The van der Waals surface area contributed by atoms with Gasteiger partial charge in [0.15, 0.2) is 0 Å². The van der Waals surface area contributed by atoms with Crippen LogP contribution in [0.2, 0.25) is 0 Å². The minimum Gasteiger partial charge on any atom is -0.463 e. The van der Waals surface area contributed by atoms with Crippen LogP contribution in [-0.2, 0) is 14.3 Å². The van der Waals surface area contributed by atoms with Crippen molar-refractivity contribution in [2.24, 2.45) is 10.9 Å². The topological polar surface area (TPSA) is 55.7 Å². The Bertz CT molecular complexity index is 185. The molecule has 4 heteroatoms. The molecule has 0 aliphatic carbocycles. The minimum absolute atomic E-state index is 0.0785. The van der Waals surface area contributed by atoms with Crippen LogP contribution < -0.4 is 0 Å². The Morgan fingerprint density at radius 3 is 2.83 bits per heavy atom. The van der Waals surface area contributed by atoms with Gasteiger partial charge in [0.2, 0.25) is 6.08 Å². The zero-order valence-corrected chi connectivity index (χ0v) is 7.37. The van der Waals surface area contributed by atoms with Crippen LogP contribution in [0.25, 0.3) is 0 Å². The number of hydrogen-bond donors (Lipinski definition) is 0. The van der Waals surface area contributed by atoms with E-state index in [4.69, 9.17) is 4.74 Å². The number of hydrogen-bond acceptors (Lipinski definition) is 4. The predicted octanol–water partition coefficient (Wildman–Crippen LogP) is 0.911. The first-order valence-electron chi connectivity index (χ1n) is 3.92. The lowest BCUT2D eigenvalue weighted by Crippen LogP contribution is -2.15. The molecule has 1 atom stereocenters. The van der Waals surface area contributed by atoms with Crippen LogP contribution in [0.3, 0.4) is 0 Å². The normalized spacial score (nSPS) is 11.5. The maximum Gasteiger partial charge on any atom is 0.308 e. The SMILES string of the molecule is CCC(C)C(=O)OCCN=C=O. The van der Waals surface area contributed by atoms with E-state index >= 15 is 0 Å². The summed E-state index contributed by atoms with van der Waals surface area (Å²) in [5.41, 5.74) is 0. The van der Waals surface area contributed by atoms with Crippen molar-refractivity contribution in [1.29, 1.82) is 0 Å². The van der Waals surface area contributed by atoms with Gasteiger partial charge in [-0.1, -0.05) is 13.8 Å². The Labute approximate surface area is 71.6 Å². The highest BCUT2D eigenvalue weighted by molar-refractivity contribution is 5.71. The van der Waals surface area contributed by atoms with E-state index in [0.717, 1.165) is 6.42 Å². The zero-order chi connectivity index (χ0) is 9.40. The van der Waals surface area contributed by atoms with Crippen LogP contribution in [0.15, 0.2) is 4.99 Å². The molecule has 0 aliphatic heterocycles. The summed E-state index contributed by atoms with van der Waals surface area (Å²) in [6, 6.07) is 0. The molecule has 0 saturated heterocycles. The van der Waals surface area contributed by atoms with Gasteiger partial charge < -0.3 is 4.74 Å². The fraction of sp³-hybridized carbons (Fsp3) is 0.750. The molecule has 0 fully saturated rings. The highest BCUT2D eigenvalue weighted by Gasteiger charge is 2.10. The Morgan fingerprint density at radius 1 is 1.67 bits per heavy atom. The molecule has 0 radical (unpaired) electrons. The summed E-state index contributed by atoms with van der Waals surface area (Å²) in [7, 11) is 0. The van der Waals surface area contributed by atoms with Gasteiger partial charge in [0.25, 0.3) is 0 Å². The summed E-state index contributed by atoms with van der Waals surface area (Å²) in [6.07, 6.45) is 2.13. The van der Waals surface area contributed by atoms with Crippen LogP contribution in [0.1, 0.15) is 20.3 Å². The first-order chi connectivity index (χ1) is 5.72. The maximum absolute atomic E-state index is 11.0. The molecule has 0 aliphatic rings. The summed E-state index contributed by atoms with van der Waals surface area (Å²) in [5, 5.41) is 0. The molecule has 68 valence electrons. The molecular weight excluding hydrogens is 158 g/mol. The van der Waals surface area contributed by atoms with Gasteiger partial charge in [-0.05, 0) is 6.42 Å². The van der Waals surface area contributed by atoms with Crippen LogP contribution in [0.5, 0.6) is 0 Å². The number of carbonyl (C=O) groups excluding carboxylic acids is 2. The molecule has 12 heavy (non-hydrogen) atoms. The number of aliphatic imine (C=N–C) groups is 1. The number of nitrogens with zero attached hydrogens (tertiary/aromatic N) is 1. The quantitative estimate of drug-likeness (QED) is 0.267. The largest absolute Gasteiger partial charge is 0.463 e. The van der Waals surface area contributed by atoms with Crippen LogP contribution in [0, 0.1) is 5.92 Å². The molecule has 0 saturated carbocycles. The van der Waals surface area contributed by atoms with Crippen molar-refractivity contribution in [3.63, 3.8) is 0 Å². The smallest absolute Gasteiger partial charge is 0.308 e. The molecule has 4 nitrogen and oxygen atoms in total. The summed E-state index contributed by atoms with van der Waals surface area (Å²) in [6.45, 7) is 4.07. The maximum atomic E-state index is 11.0. The van der Waals surface area contributed by atoms with Gasteiger partial charge in [-0.15, -0.1) is 0 Å². The number of esters is 1. The molecule has 0 rings (SSSR count). The molecule has 0 aromatic rings. The molecule has 0 spiro atoms. The van der Waals surface area contributed by atoms with E-state index in [0.29, 0.717) is 0 Å². The average molecular weight is 171 g/mol. The molecule has 0 N–H and O–H groups in total. The lowest BCUT2D eigenvalue weighted by Gasteiger charge is -2.06. The van der Waals surface area contributed by atoms with Crippen molar-refractivity contribution in [1.82, 2.24) is 0 Å². The summed E-state index contributed by atoms with van der Waals surface area (Å²) in [5.74, 6) is -0.316. The second-order valence-corrected chi connectivity index (χ2v) is 2.45. The van der Waals surface area contributed by atoms with Crippen LogP contribution in [-0.4, -0.2) is 25.2 Å². The van der Waals surface area contributed by atoms with Crippen molar-refractivity contribution >= 4 is 12.0 Å². The van der Waals surface area contributed by atoms with E-state index in [1.807, 2.05) is 6.92 Å². The third kappa shape index (κ3) is 4.63. The highest BCUT2D eigenvalue weighted by Crippen LogP contribution is 2.02. The molecule has 1 unspecified atom stereocenters. The van der Waals surface area contributed by atoms with Gasteiger partial charge in [-0.25, -0.2) is 9.79 Å². The van der Waals surface area contributed by atoms with E-state index in [2.05, 4.69) is 4.99 Å². The van der Waals surface area contributed by atoms with Crippen molar-refractivity contribution in [2.45, 2.75) is 20.3 Å². The monoisotopic (exact) mass is 171 g/mol. The lowest BCUT2D eigenvalue weighted by atomic mass is 10.1. The molecule has 0 amide bonds. The van der Waals surface area contributed by atoms with Gasteiger partial charge >= 0.3 is 5.97 Å². The summed E-state index contributed by atoms with van der Waals surface area (Å²) in [4.78, 5) is 23.8. The standard InChI is InChI=1S/C8H13NO3/c1-3-7(2)8(11)12-5-4-9-6-10/h7H,3-5H2,1-2H3. The number of rotatable bonds is 5. The Kier molecular flexibility index (Phi) is 5.93. The Balaban J connectivity index is 3.50. The van der Waals surface area contributed by atoms with Gasteiger partial charge in [0, 0.05) is 0 Å². The number of isocyanates is 1. The van der Waals surface area contributed by atoms with Gasteiger partial charge in [0.05, 0.1) is 12.5 Å². The molecule has 0 heterocycles. The number of ether oxygens (including phenoxy) is 1. The van der Waals surface area contributed by atoms with Crippen molar-refractivity contribution < 1.29 is 14.3 Å². The van der Waals surface area contributed by atoms with E-state index in [1.54, 1.807) is 6.92 Å². The minimum atomic E-state index is -0.237. The molecule has 0 bridgehead atoms. The van der Waals surface area contributed by atoms with Crippen LogP contribution >= 0.6 is 0 Å². The fourth-order valence-corrected chi connectivity index (χ4v) is 0.546. The third-order valence-corrected chi connectivity index (χ3v) is 1.53. The van der Waals surface area contributed by atoms with E-state index in [-0.39, 0.29) is 25.0 Å². The van der Waals surface area contributed by atoms with Crippen molar-refractivity contribution in [2.75, 3.05) is 13.2 Å². The predicted molar refractivity (Wildman–Crippen MR) is 43.4 cm³/mol. The van der Waals surface area contributed by atoms with Crippen molar-refractivity contribution in [3.8, 4) is 0 Å². The first-order valence-corrected chi connectivity index (χ1v) is 3.92. The van der Waals surface area contributed by atoms with Gasteiger partial charge in [-0.2, -0.15) is 0 Å². The van der Waals surface area contributed by atoms with Crippen LogP contribution in [0.4, 0.5) is 0 Å². The second-order valence-electron chi connectivity index (χ2n) is 2.45. The first kappa shape index (κ1) is 10.8. The van der Waals surface area contributed by atoms with Crippen molar-refractivity contribution in [3.05, 3.63) is 0 Å². The van der Waals surface area contributed by atoms with E-state index < -0.39 is 0 Å². The van der Waals surface area contributed by atoms with Gasteiger partial charge in [0.1, 0.15) is 6.61 Å². The highest BCUT2D eigenvalue weighted by atomic mass is 16.5. The molecule has 0 aromatic heterocycles. The lowest BCUT2D eigenvalue weighted by molar-refractivity contribution is -0.147. The third-order valence-electron chi connectivity index (χ3n) is 1.53. The fourth-order valence-electron chi connectivity index (χ4n) is 0.546. The molecule has 0 aromatic carbocycles. The van der Waals surface area contributed by atoms with E-state index in [9.17, 15) is 9.59 Å². The molecular formula is C8H13NO3. The zero-order valence-electron chi connectivity index (χ0n) is 7.37. The second kappa shape index (κ2) is 6.55. The Hall–Kier alpha value is -1.15. The Morgan fingerprint density at radius 2 is 2.33 bits per heavy atom. The average Bonchev–Trinajstić information content (AvgIpc) is 2.10. The number of carbonyl (C=O) groups is 1. The summed E-state index contributed by atoms with van der Waals surface area (Å²) < 4.78 is 4.79. The summed E-state index contributed by atoms with van der Waals surface area (Å²) >= 11 is 0.